The summed E-state index contributed by atoms with van der Waals surface area (Å²) < 4.78 is 2.07. The van der Waals surface area contributed by atoms with Gasteiger partial charge in [0.25, 0.3) is 0 Å². The van der Waals surface area contributed by atoms with Gasteiger partial charge in [0.15, 0.2) is 0 Å². The quantitative estimate of drug-likeness (QED) is 0.470. The van der Waals surface area contributed by atoms with E-state index in [9.17, 15) is 0 Å². The van der Waals surface area contributed by atoms with E-state index >= 15 is 0 Å². The first-order valence-corrected chi connectivity index (χ1v) is 8.26. The zero-order chi connectivity index (χ0) is 16.7. The monoisotopic (exact) mass is 312 g/mol. The summed E-state index contributed by atoms with van der Waals surface area (Å²) in [6.45, 7) is 6.34. The average molecular weight is 312 g/mol. The van der Waals surface area contributed by atoms with E-state index < -0.39 is 0 Å². The van der Waals surface area contributed by atoms with Gasteiger partial charge >= 0.3 is 0 Å². The highest BCUT2D eigenvalue weighted by atomic mass is 15.3. The van der Waals surface area contributed by atoms with Crippen LogP contribution in [0.25, 0.3) is 27.8 Å². The molecule has 4 rings (SSSR count). The molecular formula is C22H20N2. The molecule has 0 amide bonds. The van der Waals surface area contributed by atoms with Crippen LogP contribution in [0.1, 0.15) is 16.7 Å². The summed E-state index contributed by atoms with van der Waals surface area (Å²) in [5.41, 5.74) is 8.21. The Bertz CT molecular complexity index is 1010. The first-order chi connectivity index (χ1) is 11.6. The van der Waals surface area contributed by atoms with Gasteiger partial charge in [-0.05, 0) is 38.5 Å². The molecule has 0 aliphatic rings. The highest BCUT2D eigenvalue weighted by Gasteiger charge is 2.15. The molecule has 4 aromatic rings. The summed E-state index contributed by atoms with van der Waals surface area (Å²) in [4.78, 5) is 0. The lowest BCUT2D eigenvalue weighted by atomic mass is 10.0. The molecule has 2 nitrogen and oxygen atoms in total. The maximum atomic E-state index is 4.93. The lowest BCUT2D eigenvalue weighted by Crippen LogP contribution is -1.99. The lowest BCUT2D eigenvalue weighted by molar-refractivity contribution is 0.902. The summed E-state index contributed by atoms with van der Waals surface area (Å²) >= 11 is 0. The van der Waals surface area contributed by atoms with Gasteiger partial charge in [-0.2, -0.15) is 5.10 Å². The molecule has 0 atom stereocenters. The topological polar surface area (TPSA) is 17.8 Å². The molecule has 3 aromatic carbocycles. The van der Waals surface area contributed by atoms with Crippen molar-refractivity contribution in [3.63, 3.8) is 0 Å². The Kier molecular flexibility index (Phi) is 3.46. The number of aromatic nitrogens is 2. The van der Waals surface area contributed by atoms with Crippen LogP contribution in [0.2, 0.25) is 0 Å². The molecule has 1 aromatic heterocycles. The molecule has 0 unspecified atom stereocenters. The third-order valence-electron chi connectivity index (χ3n) is 4.51. The molecule has 0 fully saturated rings. The van der Waals surface area contributed by atoms with Crippen molar-refractivity contribution in [3.8, 4) is 16.9 Å². The normalized spacial score (nSPS) is 11.1. The standard InChI is InChI=1S/C22H20N2/c1-15-7-11-18(12-8-15)22-20-6-4-5-17(3)21(20)23-24(22)19-13-9-16(2)10-14-19/h4-14H,1-3H3. The van der Waals surface area contributed by atoms with Crippen LogP contribution in [0.15, 0.2) is 66.7 Å². The molecule has 0 saturated carbocycles. The highest BCUT2D eigenvalue weighted by molar-refractivity contribution is 5.95. The molecule has 0 radical (unpaired) electrons. The molecule has 0 aliphatic carbocycles. The third-order valence-corrected chi connectivity index (χ3v) is 4.51. The van der Waals surface area contributed by atoms with E-state index in [1.807, 2.05) is 0 Å². The first kappa shape index (κ1) is 14.7. The molecule has 0 aliphatic heterocycles. The molecule has 0 spiro atoms. The SMILES string of the molecule is Cc1ccc(-c2c3cccc(C)c3nn2-c2ccc(C)cc2)cc1. The number of hydrogen-bond acceptors (Lipinski definition) is 1. The van der Waals surface area contributed by atoms with Crippen molar-refractivity contribution >= 4 is 10.9 Å². The predicted octanol–water partition coefficient (Wildman–Crippen LogP) is 5.62. The maximum Gasteiger partial charge on any atom is 0.0963 e. The zero-order valence-electron chi connectivity index (χ0n) is 14.2. The van der Waals surface area contributed by atoms with Crippen molar-refractivity contribution in [1.29, 1.82) is 0 Å². The third kappa shape index (κ3) is 2.41. The number of fused-ring (bicyclic) bond motifs is 1. The minimum Gasteiger partial charge on any atom is -0.232 e. The van der Waals surface area contributed by atoms with Gasteiger partial charge in [0, 0.05) is 10.9 Å². The fourth-order valence-electron chi connectivity index (χ4n) is 3.11. The number of nitrogens with zero attached hydrogens (tertiary/aromatic N) is 2. The molecule has 0 bridgehead atoms. The van der Waals surface area contributed by atoms with Gasteiger partial charge in [-0.3, -0.25) is 0 Å². The van der Waals surface area contributed by atoms with Crippen molar-refractivity contribution in [2.45, 2.75) is 20.8 Å². The van der Waals surface area contributed by atoms with Crippen LogP contribution >= 0.6 is 0 Å². The van der Waals surface area contributed by atoms with Crippen LogP contribution in [0.4, 0.5) is 0 Å². The second kappa shape index (κ2) is 5.64. The minimum atomic E-state index is 1.06. The summed E-state index contributed by atoms with van der Waals surface area (Å²) in [5.74, 6) is 0. The highest BCUT2D eigenvalue weighted by Crippen LogP contribution is 2.32. The van der Waals surface area contributed by atoms with Crippen molar-refractivity contribution in [1.82, 2.24) is 9.78 Å². The second-order valence-corrected chi connectivity index (χ2v) is 6.43. The van der Waals surface area contributed by atoms with Crippen molar-refractivity contribution in [2.75, 3.05) is 0 Å². The maximum absolute atomic E-state index is 4.93. The molecule has 1 heterocycles. The van der Waals surface area contributed by atoms with E-state index in [-0.39, 0.29) is 0 Å². The van der Waals surface area contributed by atoms with E-state index in [0.29, 0.717) is 0 Å². The number of rotatable bonds is 2. The molecule has 0 N–H and O–H groups in total. The fraction of sp³-hybridized carbons (Fsp3) is 0.136. The predicted molar refractivity (Wildman–Crippen MR) is 101 cm³/mol. The van der Waals surface area contributed by atoms with Gasteiger partial charge in [-0.1, -0.05) is 65.7 Å². The fourth-order valence-corrected chi connectivity index (χ4v) is 3.11. The smallest absolute Gasteiger partial charge is 0.0963 e. The average Bonchev–Trinajstić information content (AvgIpc) is 2.97. The van der Waals surface area contributed by atoms with Gasteiger partial charge in [0.2, 0.25) is 0 Å². The van der Waals surface area contributed by atoms with E-state index in [2.05, 4.69) is 92.2 Å². The van der Waals surface area contributed by atoms with Crippen LogP contribution in [-0.4, -0.2) is 9.78 Å². The Morgan fingerprint density at radius 3 is 2.00 bits per heavy atom. The van der Waals surface area contributed by atoms with E-state index in [4.69, 9.17) is 5.10 Å². The Morgan fingerprint density at radius 2 is 1.33 bits per heavy atom. The summed E-state index contributed by atoms with van der Waals surface area (Å²) in [6.07, 6.45) is 0. The second-order valence-electron chi connectivity index (χ2n) is 6.43. The summed E-state index contributed by atoms with van der Waals surface area (Å²) in [7, 11) is 0. The van der Waals surface area contributed by atoms with Crippen molar-refractivity contribution < 1.29 is 0 Å². The van der Waals surface area contributed by atoms with Gasteiger partial charge < -0.3 is 0 Å². The summed E-state index contributed by atoms with van der Waals surface area (Å²) in [5, 5.41) is 6.12. The molecule has 0 saturated heterocycles. The van der Waals surface area contributed by atoms with Gasteiger partial charge in [0.1, 0.15) is 0 Å². The Hall–Kier alpha value is -2.87. The van der Waals surface area contributed by atoms with Crippen LogP contribution in [0.3, 0.4) is 0 Å². The molecule has 2 heteroatoms. The van der Waals surface area contributed by atoms with Gasteiger partial charge in [-0.15, -0.1) is 0 Å². The van der Waals surface area contributed by atoms with Crippen molar-refractivity contribution in [3.05, 3.63) is 83.4 Å². The Morgan fingerprint density at radius 1 is 0.708 bits per heavy atom. The number of benzene rings is 3. The molecular weight excluding hydrogens is 292 g/mol. The lowest BCUT2D eigenvalue weighted by Gasteiger charge is -2.09. The van der Waals surface area contributed by atoms with E-state index in [1.54, 1.807) is 0 Å². The van der Waals surface area contributed by atoms with E-state index in [1.165, 1.54) is 27.6 Å². The first-order valence-electron chi connectivity index (χ1n) is 8.26. The van der Waals surface area contributed by atoms with E-state index in [0.717, 1.165) is 16.9 Å². The van der Waals surface area contributed by atoms with Crippen LogP contribution in [-0.2, 0) is 0 Å². The van der Waals surface area contributed by atoms with Crippen LogP contribution in [0, 0.1) is 20.8 Å². The Balaban J connectivity index is 2.05. The molecule has 24 heavy (non-hydrogen) atoms. The Labute approximate surface area is 142 Å². The van der Waals surface area contributed by atoms with Crippen LogP contribution in [0.5, 0.6) is 0 Å². The minimum absolute atomic E-state index is 1.06. The van der Waals surface area contributed by atoms with Gasteiger partial charge in [0.05, 0.1) is 16.9 Å². The number of aryl methyl sites for hydroxylation is 3. The molecule has 118 valence electrons. The van der Waals surface area contributed by atoms with Gasteiger partial charge in [-0.25, -0.2) is 4.68 Å². The number of hydrogen-bond donors (Lipinski definition) is 0. The van der Waals surface area contributed by atoms with Crippen molar-refractivity contribution in [2.24, 2.45) is 0 Å². The van der Waals surface area contributed by atoms with Crippen LogP contribution < -0.4 is 0 Å². The zero-order valence-corrected chi connectivity index (χ0v) is 14.2. The summed E-state index contributed by atoms with van der Waals surface area (Å²) in [6, 6.07) is 23.6. The largest absolute Gasteiger partial charge is 0.232 e.